The van der Waals surface area contributed by atoms with E-state index < -0.39 is 11.9 Å². The largest absolute Gasteiger partial charge is 0.392 e. The molecule has 4 heteroatoms. The Morgan fingerprint density at radius 2 is 2.11 bits per heavy atom. The van der Waals surface area contributed by atoms with E-state index in [9.17, 15) is 10.2 Å². The third-order valence-corrected chi connectivity index (χ3v) is 4.78. The fourth-order valence-electron chi connectivity index (χ4n) is 3.65. The molecular weight excluding hydrogens is 232 g/mol. The molecule has 3 aliphatic rings. The summed E-state index contributed by atoms with van der Waals surface area (Å²) in [6, 6.07) is 0. The van der Waals surface area contributed by atoms with E-state index in [1.165, 1.54) is 0 Å². The second kappa shape index (κ2) is 4.60. The highest BCUT2D eigenvalue weighted by Crippen LogP contribution is 2.59. The van der Waals surface area contributed by atoms with Crippen molar-refractivity contribution < 1.29 is 19.7 Å². The Bertz CT molecular complexity index is 335. The summed E-state index contributed by atoms with van der Waals surface area (Å²) in [4.78, 5) is 0. The summed E-state index contributed by atoms with van der Waals surface area (Å²) in [7, 11) is 0. The molecule has 3 rings (SSSR count). The average molecular weight is 254 g/mol. The van der Waals surface area contributed by atoms with Gasteiger partial charge in [0.2, 0.25) is 0 Å². The van der Waals surface area contributed by atoms with Crippen molar-refractivity contribution in [2.24, 2.45) is 17.8 Å². The molecule has 2 saturated carbocycles. The number of hydrogen-bond acceptors (Lipinski definition) is 4. The number of ether oxygens (including phenoxy) is 2. The van der Waals surface area contributed by atoms with Gasteiger partial charge in [-0.1, -0.05) is 19.1 Å². The van der Waals surface area contributed by atoms with Crippen molar-refractivity contribution in [1.29, 1.82) is 0 Å². The van der Waals surface area contributed by atoms with E-state index in [0.29, 0.717) is 31.5 Å². The number of hydrogen-bond donors (Lipinski definition) is 2. The third kappa shape index (κ3) is 1.83. The van der Waals surface area contributed by atoms with Crippen molar-refractivity contribution in [3.8, 4) is 0 Å². The Hall–Kier alpha value is -0.420. The van der Waals surface area contributed by atoms with Crippen molar-refractivity contribution in [3.05, 3.63) is 12.2 Å². The second-order valence-corrected chi connectivity index (χ2v) is 5.73. The van der Waals surface area contributed by atoms with Crippen LogP contribution >= 0.6 is 0 Å². The average Bonchev–Trinajstić information content (AvgIpc) is 2.93. The van der Waals surface area contributed by atoms with Gasteiger partial charge in [-0.25, -0.2) is 0 Å². The molecule has 4 nitrogen and oxygen atoms in total. The zero-order valence-electron chi connectivity index (χ0n) is 10.8. The molecule has 1 spiro atoms. The molecule has 1 saturated heterocycles. The first-order valence-corrected chi connectivity index (χ1v) is 6.98. The zero-order valence-corrected chi connectivity index (χ0v) is 10.8. The second-order valence-electron chi connectivity index (χ2n) is 5.73. The summed E-state index contributed by atoms with van der Waals surface area (Å²) in [5, 5.41) is 19.8. The standard InChI is InChI=1S/C14H22O4/c1-2-10(15)4-3-9-7-12-11(13(9)16)8-14(12)17-5-6-18-14/h3-4,9-13,15-16H,2,5-8H2,1H3/t9?,10?,11-,12+,13?/m1/s1. The first kappa shape index (κ1) is 12.6. The predicted octanol–water partition coefficient (Wildman–Crippen LogP) is 1.07. The maximum absolute atomic E-state index is 10.3. The van der Waals surface area contributed by atoms with Crippen LogP contribution in [0.1, 0.15) is 26.2 Å². The fraction of sp³-hybridized carbons (Fsp3) is 0.857. The van der Waals surface area contributed by atoms with Crippen molar-refractivity contribution in [3.63, 3.8) is 0 Å². The Balaban J connectivity index is 1.65. The minimum Gasteiger partial charge on any atom is -0.392 e. The lowest BCUT2D eigenvalue weighted by Crippen LogP contribution is -2.54. The normalized spacial score (nSPS) is 43.3. The van der Waals surface area contributed by atoms with E-state index in [-0.39, 0.29) is 12.0 Å². The third-order valence-electron chi connectivity index (χ3n) is 4.78. The number of fused-ring (bicyclic) bond motifs is 2. The SMILES string of the molecule is CCC(O)C=CC1C[C@H]2[C@@H](CC23OCCO3)C1O. The fourth-order valence-corrected chi connectivity index (χ4v) is 3.65. The Labute approximate surface area is 108 Å². The molecule has 0 radical (unpaired) electrons. The molecule has 0 aromatic carbocycles. The predicted molar refractivity (Wildman–Crippen MR) is 65.8 cm³/mol. The van der Waals surface area contributed by atoms with Crippen LogP contribution in [0.3, 0.4) is 0 Å². The summed E-state index contributed by atoms with van der Waals surface area (Å²) in [5.74, 6) is 0.366. The number of aliphatic hydroxyl groups is 2. The minimum atomic E-state index is -0.400. The van der Waals surface area contributed by atoms with Crippen molar-refractivity contribution in [2.45, 2.75) is 44.2 Å². The van der Waals surface area contributed by atoms with Gasteiger partial charge in [-0.3, -0.25) is 0 Å². The topological polar surface area (TPSA) is 58.9 Å². The molecular formula is C14H22O4. The van der Waals surface area contributed by atoms with Crippen LogP contribution in [0.4, 0.5) is 0 Å². The highest BCUT2D eigenvalue weighted by atomic mass is 16.7. The van der Waals surface area contributed by atoms with Crippen LogP contribution in [0.15, 0.2) is 12.2 Å². The van der Waals surface area contributed by atoms with E-state index in [4.69, 9.17) is 9.47 Å². The van der Waals surface area contributed by atoms with Gasteiger partial charge in [-0.15, -0.1) is 0 Å². The maximum atomic E-state index is 10.3. The van der Waals surface area contributed by atoms with Gasteiger partial charge in [-0.2, -0.15) is 0 Å². The molecule has 0 amide bonds. The molecule has 1 heterocycles. The molecule has 102 valence electrons. The molecule has 0 aromatic rings. The van der Waals surface area contributed by atoms with Gasteiger partial charge < -0.3 is 19.7 Å². The van der Waals surface area contributed by atoms with Crippen LogP contribution in [0.25, 0.3) is 0 Å². The van der Waals surface area contributed by atoms with Crippen LogP contribution < -0.4 is 0 Å². The number of aliphatic hydroxyl groups excluding tert-OH is 2. The van der Waals surface area contributed by atoms with Crippen LogP contribution in [0, 0.1) is 17.8 Å². The van der Waals surface area contributed by atoms with Gasteiger partial charge in [0.05, 0.1) is 25.4 Å². The molecule has 0 aromatic heterocycles. The van der Waals surface area contributed by atoms with Crippen LogP contribution in [-0.2, 0) is 9.47 Å². The lowest BCUT2D eigenvalue weighted by molar-refractivity contribution is -0.275. The molecule has 18 heavy (non-hydrogen) atoms. The number of rotatable bonds is 3. The summed E-state index contributed by atoms with van der Waals surface area (Å²) in [5.41, 5.74) is 0. The van der Waals surface area contributed by atoms with Crippen LogP contribution in [0.5, 0.6) is 0 Å². The summed E-state index contributed by atoms with van der Waals surface area (Å²) >= 11 is 0. The Kier molecular flexibility index (Phi) is 3.22. The van der Waals surface area contributed by atoms with E-state index in [1.54, 1.807) is 0 Å². The monoisotopic (exact) mass is 254 g/mol. The van der Waals surface area contributed by atoms with E-state index in [1.807, 2.05) is 19.1 Å². The summed E-state index contributed by atoms with van der Waals surface area (Å²) in [6.07, 6.45) is 5.50. The molecule has 3 unspecified atom stereocenters. The zero-order chi connectivity index (χ0) is 12.8. The van der Waals surface area contributed by atoms with Gasteiger partial charge in [0.15, 0.2) is 5.79 Å². The van der Waals surface area contributed by atoms with Gasteiger partial charge in [0.25, 0.3) is 0 Å². The smallest absolute Gasteiger partial charge is 0.172 e. The van der Waals surface area contributed by atoms with E-state index in [0.717, 1.165) is 12.8 Å². The van der Waals surface area contributed by atoms with E-state index in [2.05, 4.69) is 0 Å². The lowest BCUT2D eigenvalue weighted by Gasteiger charge is -2.48. The van der Waals surface area contributed by atoms with Gasteiger partial charge in [-0.05, 0) is 18.8 Å². The highest BCUT2D eigenvalue weighted by molar-refractivity contribution is 5.13. The van der Waals surface area contributed by atoms with Crippen molar-refractivity contribution in [1.82, 2.24) is 0 Å². The molecule has 3 fully saturated rings. The first-order valence-electron chi connectivity index (χ1n) is 6.98. The lowest BCUT2D eigenvalue weighted by atomic mass is 9.69. The first-order chi connectivity index (χ1) is 8.66. The van der Waals surface area contributed by atoms with Gasteiger partial charge in [0, 0.05) is 18.3 Å². The van der Waals surface area contributed by atoms with Crippen molar-refractivity contribution in [2.75, 3.05) is 13.2 Å². The van der Waals surface area contributed by atoms with Crippen LogP contribution in [0.2, 0.25) is 0 Å². The Morgan fingerprint density at radius 3 is 2.78 bits per heavy atom. The van der Waals surface area contributed by atoms with Crippen molar-refractivity contribution >= 4 is 0 Å². The molecule has 2 aliphatic carbocycles. The summed E-state index contributed by atoms with van der Waals surface area (Å²) in [6.45, 7) is 3.29. The quantitative estimate of drug-likeness (QED) is 0.740. The minimum absolute atomic E-state index is 0.133. The molecule has 5 atom stereocenters. The van der Waals surface area contributed by atoms with Gasteiger partial charge in [0.1, 0.15) is 0 Å². The van der Waals surface area contributed by atoms with E-state index >= 15 is 0 Å². The molecule has 1 aliphatic heterocycles. The Morgan fingerprint density at radius 1 is 1.39 bits per heavy atom. The molecule has 0 bridgehead atoms. The maximum Gasteiger partial charge on any atom is 0.172 e. The molecule has 2 N–H and O–H groups in total. The highest BCUT2D eigenvalue weighted by Gasteiger charge is 2.64. The summed E-state index contributed by atoms with van der Waals surface area (Å²) < 4.78 is 11.5. The van der Waals surface area contributed by atoms with Gasteiger partial charge >= 0.3 is 0 Å². The van der Waals surface area contributed by atoms with Crippen LogP contribution in [-0.4, -0.2) is 41.4 Å².